The van der Waals surface area contributed by atoms with Gasteiger partial charge in [0.1, 0.15) is 0 Å². The first-order chi connectivity index (χ1) is 7.79. The lowest BCUT2D eigenvalue weighted by atomic mass is 10.1. The Morgan fingerprint density at radius 3 is 2.65 bits per heavy atom. The maximum Gasteiger partial charge on any atom is 0.223 e. The molecule has 0 aliphatic carbocycles. The van der Waals surface area contributed by atoms with Crippen LogP contribution in [0.25, 0.3) is 0 Å². The highest BCUT2D eigenvalue weighted by Gasteiger charge is 2.32. The Bertz CT molecular complexity index is 297. The molecule has 0 saturated carbocycles. The second-order valence-corrected chi connectivity index (χ2v) is 5.46. The molecule has 5 heteroatoms. The topological polar surface area (TPSA) is 72.6 Å². The van der Waals surface area contributed by atoms with Crippen molar-refractivity contribution in [2.75, 3.05) is 19.7 Å². The maximum atomic E-state index is 11.6. The standard InChI is InChI=1S/C12H22N2O3/c1-12(2,3)17-6-4-5-14-8-9(11(13)16)7-10(14)15/h9H,4-8H2,1-3H3,(H2,13,16). The summed E-state index contributed by atoms with van der Waals surface area (Å²) >= 11 is 0. The van der Waals surface area contributed by atoms with Crippen molar-refractivity contribution in [2.24, 2.45) is 11.7 Å². The number of ether oxygens (including phenoxy) is 1. The van der Waals surface area contributed by atoms with Crippen molar-refractivity contribution in [1.82, 2.24) is 4.90 Å². The van der Waals surface area contributed by atoms with E-state index in [-0.39, 0.29) is 29.8 Å². The summed E-state index contributed by atoms with van der Waals surface area (Å²) in [6, 6.07) is 0. The highest BCUT2D eigenvalue weighted by Crippen LogP contribution is 2.17. The number of nitrogens with zero attached hydrogens (tertiary/aromatic N) is 1. The predicted octanol–water partition coefficient (Wildman–Crippen LogP) is 0.525. The van der Waals surface area contributed by atoms with Gasteiger partial charge >= 0.3 is 0 Å². The molecule has 0 radical (unpaired) electrons. The lowest BCUT2D eigenvalue weighted by molar-refractivity contribution is -0.128. The Morgan fingerprint density at radius 2 is 2.18 bits per heavy atom. The normalized spacial score (nSPS) is 21.0. The van der Waals surface area contributed by atoms with Crippen molar-refractivity contribution in [3.63, 3.8) is 0 Å². The van der Waals surface area contributed by atoms with Gasteiger partial charge < -0.3 is 15.4 Å². The second kappa shape index (κ2) is 5.49. The number of primary amides is 1. The third-order valence-electron chi connectivity index (χ3n) is 2.72. The third-order valence-corrected chi connectivity index (χ3v) is 2.72. The van der Waals surface area contributed by atoms with Crippen LogP contribution < -0.4 is 5.73 Å². The number of nitrogens with two attached hydrogens (primary N) is 1. The Morgan fingerprint density at radius 1 is 1.53 bits per heavy atom. The van der Waals surface area contributed by atoms with Gasteiger partial charge in [-0.1, -0.05) is 0 Å². The van der Waals surface area contributed by atoms with Gasteiger partial charge in [0, 0.05) is 26.1 Å². The molecule has 1 heterocycles. The molecule has 1 fully saturated rings. The van der Waals surface area contributed by atoms with E-state index in [1.807, 2.05) is 20.8 Å². The van der Waals surface area contributed by atoms with Gasteiger partial charge in [0.2, 0.25) is 11.8 Å². The minimum Gasteiger partial charge on any atom is -0.376 e. The molecule has 5 nitrogen and oxygen atoms in total. The van der Waals surface area contributed by atoms with Crippen molar-refractivity contribution in [3.8, 4) is 0 Å². The first kappa shape index (κ1) is 14.0. The van der Waals surface area contributed by atoms with Gasteiger partial charge in [0.15, 0.2) is 0 Å². The van der Waals surface area contributed by atoms with Crippen molar-refractivity contribution in [3.05, 3.63) is 0 Å². The van der Waals surface area contributed by atoms with Crippen LogP contribution in [0.3, 0.4) is 0 Å². The summed E-state index contributed by atoms with van der Waals surface area (Å²) in [6.07, 6.45) is 1.05. The number of likely N-dealkylation sites (tertiary alicyclic amines) is 1. The van der Waals surface area contributed by atoms with Gasteiger partial charge in [-0.3, -0.25) is 9.59 Å². The molecule has 17 heavy (non-hydrogen) atoms. The van der Waals surface area contributed by atoms with Gasteiger partial charge in [-0.05, 0) is 27.2 Å². The number of carbonyl (C=O) groups is 2. The Hall–Kier alpha value is -1.10. The van der Waals surface area contributed by atoms with Crippen LogP contribution in [0.1, 0.15) is 33.6 Å². The van der Waals surface area contributed by atoms with E-state index in [1.165, 1.54) is 0 Å². The van der Waals surface area contributed by atoms with Gasteiger partial charge in [-0.25, -0.2) is 0 Å². The number of hydrogen-bond donors (Lipinski definition) is 1. The van der Waals surface area contributed by atoms with Crippen LogP contribution in [-0.4, -0.2) is 42.0 Å². The number of hydrogen-bond acceptors (Lipinski definition) is 3. The van der Waals surface area contributed by atoms with E-state index in [9.17, 15) is 9.59 Å². The summed E-state index contributed by atoms with van der Waals surface area (Å²) in [7, 11) is 0. The SMILES string of the molecule is CC(C)(C)OCCCN1CC(C(N)=O)CC1=O. The van der Waals surface area contributed by atoms with Crippen molar-refractivity contribution >= 4 is 11.8 Å². The van der Waals surface area contributed by atoms with Gasteiger partial charge in [-0.15, -0.1) is 0 Å². The minimum absolute atomic E-state index is 0.0181. The molecule has 2 amide bonds. The van der Waals surface area contributed by atoms with Crippen molar-refractivity contribution in [1.29, 1.82) is 0 Å². The van der Waals surface area contributed by atoms with E-state index in [0.717, 1.165) is 6.42 Å². The maximum absolute atomic E-state index is 11.6. The molecule has 1 saturated heterocycles. The lowest BCUT2D eigenvalue weighted by Crippen LogP contribution is -2.30. The Labute approximate surface area is 102 Å². The van der Waals surface area contributed by atoms with Gasteiger partial charge in [-0.2, -0.15) is 0 Å². The van der Waals surface area contributed by atoms with Crippen molar-refractivity contribution in [2.45, 2.75) is 39.2 Å². The fourth-order valence-corrected chi connectivity index (χ4v) is 1.81. The van der Waals surface area contributed by atoms with Crippen LogP contribution in [0.4, 0.5) is 0 Å². The molecule has 0 bridgehead atoms. The summed E-state index contributed by atoms with van der Waals surface area (Å²) < 4.78 is 5.57. The van der Waals surface area contributed by atoms with Crippen LogP contribution >= 0.6 is 0 Å². The molecule has 98 valence electrons. The zero-order valence-corrected chi connectivity index (χ0v) is 10.9. The van der Waals surface area contributed by atoms with Crippen LogP contribution in [0.5, 0.6) is 0 Å². The van der Waals surface area contributed by atoms with Crippen LogP contribution in [0, 0.1) is 5.92 Å². The zero-order chi connectivity index (χ0) is 13.1. The van der Waals surface area contributed by atoms with E-state index in [2.05, 4.69) is 0 Å². The zero-order valence-electron chi connectivity index (χ0n) is 10.9. The fourth-order valence-electron chi connectivity index (χ4n) is 1.81. The summed E-state index contributed by atoms with van der Waals surface area (Å²) in [6.45, 7) is 7.71. The Balaban J connectivity index is 2.24. The minimum atomic E-state index is -0.383. The molecular weight excluding hydrogens is 220 g/mol. The average molecular weight is 242 g/mol. The molecule has 0 aromatic carbocycles. The van der Waals surface area contributed by atoms with Crippen LogP contribution in [-0.2, 0) is 14.3 Å². The van der Waals surface area contributed by atoms with E-state index < -0.39 is 0 Å². The first-order valence-corrected chi connectivity index (χ1v) is 6.00. The largest absolute Gasteiger partial charge is 0.376 e. The summed E-state index contributed by atoms with van der Waals surface area (Å²) in [4.78, 5) is 24.2. The predicted molar refractivity (Wildman–Crippen MR) is 64.2 cm³/mol. The summed E-state index contributed by atoms with van der Waals surface area (Å²) in [5.74, 6) is -0.678. The molecule has 0 aromatic rings. The molecule has 1 rings (SSSR count). The van der Waals surface area contributed by atoms with Gasteiger partial charge in [0.05, 0.1) is 11.5 Å². The Kier molecular flexibility index (Phi) is 4.51. The number of carbonyl (C=O) groups excluding carboxylic acids is 2. The number of rotatable bonds is 5. The van der Waals surface area contributed by atoms with Crippen molar-refractivity contribution < 1.29 is 14.3 Å². The fraction of sp³-hybridized carbons (Fsp3) is 0.833. The molecule has 2 N–H and O–H groups in total. The second-order valence-electron chi connectivity index (χ2n) is 5.46. The average Bonchev–Trinajstić information content (AvgIpc) is 2.54. The summed E-state index contributed by atoms with van der Waals surface area (Å²) in [5, 5.41) is 0. The molecule has 0 spiro atoms. The molecule has 1 unspecified atom stereocenters. The molecule has 1 atom stereocenters. The van der Waals surface area contributed by atoms with E-state index in [4.69, 9.17) is 10.5 Å². The summed E-state index contributed by atoms with van der Waals surface area (Å²) in [5.41, 5.74) is 5.04. The molecule has 0 aromatic heterocycles. The monoisotopic (exact) mass is 242 g/mol. The quantitative estimate of drug-likeness (QED) is 0.715. The van der Waals surface area contributed by atoms with Crippen LogP contribution in [0.15, 0.2) is 0 Å². The van der Waals surface area contributed by atoms with Gasteiger partial charge in [0.25, 0.3) is 0 Å². The third kappa shape index (κ3) is 4.73. The molecule has 1 aliphatic rings. The molecular formula is C12H22N2O3. The highest BCUT2D eigenvalue weighted by molar-refractivity contribution is 5.88. The highest BCUT2D eigenvalue weighted by atomic mass is 16.5. The van der Waals surface area contributed by atoms with E-state index in [1.54, 1.807) is 4.90 Å². The van der Waals surface area contributed by atoms with E-state index in [0.29, 0.717) is 19.7 Å². The molecule has 1 aliphatic heterocycles. The smallest absolute Gasteiger partial charge is 0.223 e. The van der Waals surface area contributed by atoms with E-state index >= 15 is 0 Å². The lowest BCUT2D eigenvalue weighted by Gasteiger charge is -2.21. The van der Waals surface area contributed by atoms with Crippen LogP contribution in [0.2, 0.25) is 0 Å². The number of amides is 2. The first-order valence-electron chi connectivity index (χ1n) is 6.00.